The van der Waals surface area contributed by atoms with E-state index in [9.17, 15) is 21.6 Å². The normalized spacial score (nSPS) is 12.8. The minimum atomic E-state index is -4.91. The maximum absolute atomic E-state index is 12.1. The first-order valence-corrected chi connectivity index (χ1v) is 7.23. The molecule has 0 N–H and O–H groups in total. The van der Waals surface area contributed by atoms with Crippen molar-refractivity contribution in [2.45, 2.75) is 11.3 Å². The highest BCUT2D eigenvalue weighted by Crippen LogP contribution is 2.37. The second-order valence-corrected chi connectivity index (χ2v) is 6.93. The number of halogens is 5. The molecule has 0 amide bonds. The third-order valence-corrected chi connectivity index (χ3v) is 5.04. The third kappa shape index (κ3) is 3.98. The van der Waals surface area contributed by atoms with Crippen LogP contribution in [0.25, 0.3) is 0 Å². The van der Waals surface area contributed by atoms with E-state index in [2.05, 4.69) is 20.7 Å². The van der Waals surface area contributed by atoms with Crippen LogP contribution in [0.2, 0.25) is 5.02 Å². The number of sulfonamides is 1. The van der Waals surface area contributed by atoms with Gasteiger partial charge in [-0.05, 0) is 28.1 Å². The number of hydrogen-bond acceptors (Lipinski definition) is 3. The van der Waals surface area contributed by atoms with Gasteiger partial charge in [0.15, 0.2) is 0 Å². The highest BCUT2D eigenvalue weighted by molar-refractivity contribution is 9.10. The van der Waals surface area contributed by atoms with E-state index in [1.54, 1.807) is 0 Å². The number of benzene rings is 1. The van der Waals surface area contributed by atoms with E-state index in [-0.39, 0.29) is 9.37 Å². The number of nitrogens with zero attached hydrogens (tertiary/aromatic N) is 1. The molecule has 1 aromatic carbocycles. The molecular weight excluding hydrogens is 375 g/mol. The molecule has 4 nitrogen and oxygen atoms in total. The lowest BCUT2D eigenvalue weighted by Crippen LogP contribution is -2.23. The largest absolute Gasteiger partial charge is 0.573 e. The second kappa shape index (κ2) is 5.47. The van der Waals surface area contributed by atoms with Crippen molar-refractivity contribution in [3.8, 4) is 5.75 Å². The van der Waals surface area contributed by atoms with Crippen LogP contribution in [0.3, 0.4) is 0 Å². The Balaban J connectivity index is 3.33. The molecular formula is C9H8BrClF3NO3S. The molecule has 0 bridgehead atoms. The minimum Gasteiger partial charge on any atom is -0.404 e. The van der Waals surface area contributed by atoms with Gasteiger partial charge in [-0.1, -0.05) is 11.6 Å². The zero-order valence-corrected chi connectivity index (χ0v) is 12.8. The molecule has 0 fully saturated rings. The van der Waals surface area contributed by atoms with Gasteiger partial charge < -0.3 is 4.74 Å². The third-order valence-electron chi connectivity index (χ3n) is 1.97. The number of hydrogen-bond donors (Lipinski definition) is 0. The Hall–Kier alpha value is -0.510. The van der Waals surface area contributed by atoms with Crippen molar-refractivity contribution in [3.63, 3.8) is 0 Å². The Morgan fingerprint density at radius 3 is 2.26 bits per heavy atom. The first kappa shape index (κ1) is 16.5. The van der Waals surface area contributed by atoms with Crippen molar-refractivity contribution in [3.05, 3.63) is 21.6 Å². The molecule has 0 unspecified atom stereocenters. The topological polar surface area (TPSA) is 46.6 Å². The predicted molar refractivity (Wildman–Crippen MR) is 66.7 cm³/mol. The molecule has 0 aliphatic carbocycles. The average Bonchev–Trinajstić information content (AvgIpc) is 2.20. The number of rotatable bonds is 3. The van der Waals surface area contributed by atoms with E-state index in [0.717, 1.165) is 16.4 Å². The van der Waals surface area contributed by atoms with E-state index in [4.69, 9.17) is 11.6 Å². The van der Waals surface area contributed by atoms with E-state index in [1.165, 1.54) is 14.1 Å². The molecule has 0 aliphatic rings. The summed E-state index contributed by atoms with van der Waals surface area (Å²) in [6.45, 7) is 0. The van der Waals surface area contributed by atoms with Gasteiger partial charge in [0.2, 0.25) is 10.0 Å². The Kier molecular flexibility index (Phi) is 4.76. The summed E-state index contributed by atoms with van der Waals surface area (Å²) in [4.78, 5) is -0.253. The Morgan fingerprint density at radius 1 is 1.32 bits per heavy atom. The fraction of sp³-hybridized carbons (Fsp3) is 0.333. The molecule has 0 aliphatic heterocycles. The van der Waals surface area contributed by atoms with Crippen LogP contribution in [0.15, 0.2) is 21.5 Å². The summed E-state index contributed by atoms with van der Waals surface area (Å²) >= 11 is 8.47. The molecule has 10 heteroatoms. The van der Waals surface area contributed by atoms with Gasteiger partial charge in [-0.15, -0.1) is 13.2 Å². The van der Waals surface area contributed by atoms with Crippen LogP contribution in [0.4, 0.5) is 13.2 Å². The van der Waals surface area contributed by atoms with Gasteiger partial charge in [-0.25, -0.2) is 12.7 Å². The van der Waals surface area contributed by atoms with Gasteiger partial charge in [-0.3, -0.25) is 0 Å². The molecule has 0 atom stereocenters. The fourth-order valence-electron chi connectivity index (χ4n) is 1.11. The van der Waals surface area contributed by atoms with E-state index in [0.29, 0.717) is 0 Å². The van der Waals surface area contributed by atoms with E-state index < -0.39 is 27.2 Å². The smallest absolute Gasteiger partial charge is 0.404 e. The summed E-state index contributed by atoms with van der Waals surface area (Å²) < 4.78 is 64.5. The lowest BCUT2D eigenvalue weighted by atomic mass is 10.3. The molecule has 0 radical (unpaired) electrons. The Bertz CT molecular complexity index is 589. The predicted octanol–water partition coefficient (Wildman–Crippen LogP) is 3.25. The van der Waals surface area contributed by atoms with Crippen LogP contribution in [0, 0.1) is 0 Å². The quantitative estimate of drug-likeness (QED) is 0.806. The Labute approximate surface area is 121 Å². The average molecular weight is 383 g/mol. The van der Waals surface area contributed by atoms with Gasteiger partial charge in [0.1, 0.15) is 5.75 Å². The summed E-state index contributed by atoms with van der Waals surface area (Å²) in [6.07, 6.45) is -4.91. The van der Waals surface area contributed by atoms with Crippen molar-refractivity contribution >= 4 is 37.6 Å². The SMILES string of the molecule is CN(C)S(=O)(=O)c1cc(Cl)c(OC(F)(F)F)cc1Br. The van der Waals surface area contributed by atoms with Gasteiger partial charge in [-0.2, -0.15) is 0 Å². The zero-order chi connectivity index (χ0) is 15.0. The van der Waals surface area contributed by atoms with Gasteiger partial charge in [0.05, 0.1) is 9.92 Å². The molecule has 0 heterocycles. The monoisotopic (exact) mass is 381 g/mol. The minimum absolute atomic E-state index is 0.0788. The molecule has 1 rings (SSSR count). The molecule has 0 saturated carbocycles. The van der Waals surface area contributed by atoms with Crippen molar-refractivity contribution < 1.29 is 26.3 Å². The Morgan fingerprint density at radius 2 is 1.84 bits per heavy atom. The maximum atomic E-state index is 12.1. The second-order valence-electron chi connectivity index (χ2n) is 3.55. The van der Waals surface area contributed by atoms with Crippen LogP contribution in [0.1, 0.15) is 0 Å². The van der Waals surface area contributed by atoms with Crippen LogP contribution >= 0.6 is 27.5 Å². The van der Waals surface area contributed by atoms with Crippen molar-refractivity contribution in [1.29, 1.82) is 0 Å². The van der Waals surface area contributed by atoms with Crippen LogP contribution in [-0.4, -0.2) is 33.2 Å². The molecule has 108 valence electrons. The van der Waals surface area contributed by atoms with E-state index in [1.807, 2.05) is 0 Å². The first-order valence-electron chi connectivity index (χ1n) is 4.62. The fourth-order valence-corrected chi connectivity index (χ4v) is 3.28. The van der Waals surface area contributed by atoms with Gasteiger partial charge >= 0.3 is 6.36 Å². The summed E-state index contributed by atoms with van der Waals surface area (Å²) in [7, 11) is -1.25. The van der Waals surface area contributed by atoms with Gasteiger partial charge in [0, 0.05) is 18.6 Å². The van der Waals surface area contributed by atoms with Crippen molar-refractivity contribution in [2.24, 2.45) is 0 Å². The van der Waals surface area contributed by atoms with Gasteiger partial charge in [0.25, 0.3) is 0 Å². The summed E-state index contributed by atoms with van der Waals surface area (Å²) in [5.74, 6) is -0.682. The summed E-state index contributed by atoms with van der Waals surface area (Å²) in [6, 6.07) is 1.74. The van der Waals surface area contributed by atoms with E-state index >= 15 is 0 Å². The molecule has 19 heavy (non-hydrogen) atoms. The standard InChI is InChI=1S/C9H8BrClF3NO3S/c1-15(2)19(16,17)8-4-6(11)7(3-5(8)10)18-9(12,13)14/h3-4H,1-2H3. The molecule has 1 aromatic rings. The van der Waals surface area contributed by atoms with Crippen molar-refractivity contribution in [1.82, 2.24) is 4.31 Å². The van der Waals surface area contributed by atoms with Crippen LogP contribution in [0.5, 0.6) is 5.75 Å². The zero-order valence-electron chi connectivity index (χ0n) is 9.62. The number of alkyl halides is 3. The molecule has 0 spiro atoms. The number of ether oxygens (including phenoxy) is 1. The molecule has 0 aromatic heterocycles. The van der Waals surface area contributed by atoms with Crippen LogP contribution < -0.4 is 4.74 Å². The van der Waals surface area contributed by atoms with Crippen LogP contribution in [-0.2, 0) is 10.0 Å². The summed E-state index contributed by atoms with van der Waals surface area (Å²) in [5.41, 5.74) is 0. The molecule has 0 saturated heterocycles. The highest BCUT2D eigenvalue weighted by Gasteiger charge is 2.33. The maximum Gasteiger partial charge on any atom is 0.573 e. The lowest BCUT2D eigenvalue weighted by molar-refractivity contribution is -0.274. The highest BCUT2D eigenvalue weighted by atomic mass is 79.9. The first-order chi connectivity index (χ1) is 8.45. The summed E-state index contributed by atoms with van der Waals surface area (Å²) in [5, 5.41) is -0.457. The van der Waals surface area contributed by atoms with Crippen molar-refractivity contribution in [2.75, 3.05) is 14.1 Å². The lowest BCUT2D eigenvalue weighted by Gasteiger charge is -2.15.